The maximum Gasteiger partial charge on any atom is 0.254 e. The molecule has 1 amide bonds. The van der Waals surface area contributed by atoms with Crippen molar-refractivity contribution in [3.63, 3.8) is 0 Å². The molecule has 1 atom stereocenters. The number of anilines is 1. The molecule has 5 heteroatoms. The van der Waals surface area contributed by atoms with Crippen molar-refractivity contribution in [1.29, 1.82) is 0 Å². The van der Waals surface area contributed by atoms with Crippen LogP contribution in [0, 0.1) is 5.41 Å². The predicted octanol–water partition coefficient (Wildman–Crippen LogP) is 5.61. The number of hydrogen-bond acceptors (Lipinski definition) is 4. The minimum atomic E-state index is 0.159. The molecule has 0 bridgehead atoms. The molecule has 186 valence electrons. The smallest absolute Gasteiger partial charge is 0.254 e. The van der Waals surface area contributed by atoms with Gasteiger partial charge < -0.3 is 14.7 Å². The lowest BCUT2D eigenvalue weighted by Gasteiger charge is -2.50. The van der Waals surface area contributed by atoms with Crippen LogP contribution in [0.3, 0.4) is 0 Å². The summed E-state index contributed by atoms with van der Waals surface area (Å²) in [6.45, 7) is 7.91. The van der Waals surface area contributed by atoms with E-state index in [1.165, 1.54) is 58.0 Å². The van der Waals surface area contributed by atoms with Crippen LogP contribution in [0.5, 0.6) is 0 Å². The van der Waals surface area contributed by atoms with E-state index in [1.807, 2.05) is 23.2 Å². The Labute approximate surface area is 210 Å². The molecule has 1 aliphatic carbocycles. The average Bonchev–Trinajstić information content (AvgIpc) is 3.30. The highest BCUT2D eigenvalue weighted by molar-refractivity contribution is 5.95. The molecule has 1 aromatic heterocycles. The van der Waals surface area contributed by atoms with Crippen molar-refractivity contribution in [2.75, 3.05) is 37.6 Å². The summed E-state index contributed by atoms with van der Waals surface area (Å²) in [6, 6.07) is 13.7. The molecular formula is C30H40N4O. The summed E-state index contributed by atoms with van der Waals surface area (Å²) in [5.74, 6) is 1.26. The molecule has 0 N–H and O–H groups in total. The zero-order valence-electron chi connectivity index (χ0n) is 21.3. The number of nitrogens with zero attached hydrogens (tertiary/aromatic N) is 4. The Kier molecular flexibility index (Phi) is 6.30. The molecule has 1 spiro atoms. The Morgan fingerprint density at radius 3 is 2.09 bits per heavy atom. The molecule has 1 unspecified atom stereocenters. The van der Waals surface area contributed by atoms with E-state index in [2.05, 4.69) is 41.0 Å². The number of likely N-dealkylation sites (tertiary alicyclic amines) is 2. The van der Waals surface area contributed by atoms with Crippen LogP contribution < -0.4 is 4.90 Å². The second kappa shape index (κ2) is 9.57. The number of carbonyl (C=O) groups excluding carboxylic acids is 1. The molecule has 4 heterocycles. The third-order valence-corrected chi connectivity index (χ3v) is 9.62. The summed E-state index contributed by atoms with van der Waals surface area (Å²) in [7, 11) is 0. The number of carbonyl (C=O) groups is 1. The van der Waals surface area contributed by atoms with Crippen molar-refractivity contribution in [3.05, 3.63) is 48.2 Å². The van der Waals surface area contributed by atoms with Crippen LogP contribution in [0.1, 0.15) is 75.1 Å². The van der Waals surface area contributed by atoms with Gasteiger partial charge in [0.05, 0.1) is 0 Å². The molecule has 6 rings (SSSR count). The maximum absolute atomic E-state index is 12.8. The fourth-order valence-corrected chi connectivity index (χ4v) is 6.78. The van der Waals surface area contributed by atoms with Gasteiger partial charge >= 0.3 is 0 Å². The lowest BCUT2D eigenvalue weighted by molar-refractivity contribution is 0.0305. The zero-order chi connectivity index (χ0) is 23.8. The number of rotatable bonds is 4. The van der Waals surface area contributed by atoms with Crippen LogP contribution >= 0.6 is 0 Å². The van der Waals surface area contributed by atoms with Crippen LogP contribution in [0.4, 0.5) is 5.82 Å². The van der Waals surface area contributed by atoms with Gasteiger partial charge in [-0.3, -0.25) is 4.79 Å². The highest BCUT2D eigenvalue weighted by atomic mass is 16.2. The molecule has 2 aromatic rings. The predicted molar refractivity (Wildman–Crippen MR) is 142 cm³/mol. The Morgan fingerprint density at radius 1 is 0.829 bits per heavy atom. The number of hydrogen-bond donors (Lipinski definition) is 0. The van der Waals surface area contributed by atoms with Gasteiger partial charge in [-0.15, -0.1) is 0 Å². The third kappa shape index (κ3) is 4.60. The monoisotopic (exact) mass is 472 g/mol. The fraction of sp³-hybridized carbons (Fsp3) is 0.600. The van der Waals surface area contributed by atoms with Crippen molar-refractivity contribution >= 4 is 11.7 Å². The second-order valence-electron chi connectivity index (χ2n) is 11.6. The minimum absolute atomic E-state index is 0.159. The second-order valence-corrected chi connectivity index (χ2v) is 11.6. The number of benzene rings is 1. The molecule has 4 aliphatic rings. The average molecular weight is 473 g/mol. The molecule has 0 radical (unpaired) electrons. The van der Waals surface area contributed by atoms with Crippen LogP contribution in [-0.2, 0) is 0 Å². The number of aromatic nitrogens is 1. The largest absolute Gasteiger partial charge is 0.357 e. The van der Waals surface area contributed by atoms with Crippen molar-refractivity contribution in [2.24, 2.45) is 5.41 Å². The molecular weight excluding hydrogens is 432 g/mol. The summed E-state index contributed by atoms with van der Waals surface area (Å²) in [5.41, 5.74) is 3.58. The van der Waals surface area contributed by atoms with Gasteiger partial charge in [0.15, 0.2) is 0 Å². The topological polar surface area (TPSA) is 39.7 Å². The standard InChI is InChI=1S/C30H40N4O/c1-23-4-3-17-34(23)29(35)25-9-7-24(8-10-25)26-11-12-28(31-22-26)33-20-15-30(16-21-33)13-18-32(19-14-30)27-5-2-6-27/h7-12,22-23,27H,2-6,13-21H2,1H3. The van der Waals surface area contributed by atoms with Crippen molar-refractivity contribution in [2.45, 2.75) is 76.8 Å². The Morgan fingerprint density at radius 2 is 1.51 bits per heavy atom. The van der Waals surface area contributed by atoms with E-state index >= 15 is 0 Å². The normalized spacial score (nSPS) is 25.1. The van der Waals surface area contributed by atoms with Crippen molar-refractivity contribution in [1.82, 2.24) is 14.8 Å². The van der Waals surface area contributed by atoms with E-state index in [4.69, 9.17) is 4.98 Å². The highest BCUT2D eigenvalue weighted by Crippen LogP contribution is 2.43. The first-order chi connectivity index (χ1) is 17.1. The van der Waals surface area contributed by atoms with E-state index < -0.39 is 0 Å². The molecule has 1 aromatic carbocycles. The first kappa shape index (κ1) is 23.0. The Hall–Kier alpha value is -2.40. The van der Waals surface area contributed by atoms with Gasteiger partial charge in [0, 0.05) is 49.0 Å². The van der Waals surface area contributed by atoms with Gasteiger partial charge in [-0.25, -0.2) is 4.98 Å². The van der Waals surface area contributed by atoms with Crippen LogP contribution in [0.25, 0.3) is 11.1 Å². The first-order valence-corrected chi connectivity index (χ1v) is 14.0. The molecule has 3 aliphatic heterocycles. The van der Waals surface area contributed by atoms with Gasteiger partial charge in [0.1, 0.15) is 5.82 Å². The SMILES string of the molecule is CC1CCCN1C(=O)c1ccc(-c2ccc(N3CCC4(CC3)CCN(C3CCC3)CC4)nc2)cc1. The fourth-order valence-electron chi connectivity index (χ4n) is 6.78. The molecule has 5 nitrogen and oxygen atoms in total. The Bertz CT molecular complexity index is 1010. The first-order valence-electron chi connectivity index (χ1n) is 14.0. The van der Waals surface area contributed by atoms with E-state index in [-0.39, 0.29) is 5.91 Å². The maximum atomic E-state index is 12.8. The molecule has 1 saturated carbocycles. The summed E-state index contributed by atoms with van der Waals surface area (Å²) in [5, 5.41) is 0. The van der Waals surface area contributed by atoms with Crippen LogP contribution in [-0.4, -0.2) is 65.5 Å². The quantitative estimate of drug-likeness (QED) is 0.580. The lowest BCUT2D eigenvalue weighted by atomic mass is 9.70. The van der Waals surface area contributed by atoms with Gasteiger partial charge in [0.2, 0.25) is 0 Å². The van der Waals surface area contributed by atoms with Crippen molar-refractivity contribution in [3.8, 4) is 11.1 Å². The molecule has 4 fully saturated rings. The van der Waals surface area contributed by atoms with E-state index in [0.717, 1.165) is 61.0 Å². The minimum Gasteiger partial charge on any atom is -0.357 e. The van der Waals surface area contributed by atoms with Gasteiger partial charge in [0.25, 0.3) is 5.91 Å². The highest BCUT2D eigenvalue weighted by Gasteiger charge is 2.39. The van der Waals surface area contributed by atoms with E-state index in [9.17, 15) is 4.79 Å². The summed E-state index contributed by atoms with van der Waals surface area (Å²) >= 11 is 0. The van der Waals surface area contributed by atoms with Crippen LogP contribution in [0.2, 0.25) is 0 Å². The third-order valence-electron chi connectivity index (χ3n) is 9.62. The summed E-state index contributed by atoms with van der Waals surface area (Å²) < 4.78 is 0. The number of piperidine rings is 2. The van der Waals surface area contributed by atoms with Crippen molar-refractivity contribution < 1.29 is 4.79 Å². The zero-order valence-corrected chi connectivity index (χ0v) is 21.3. The van der Waals surface area contributed by atoms with Crippen LogP contribution in [0.15, 0.2) is 42.6 Å². The lowest BCUT2D eigenvalue weighted by Crippen LogP contribution is -2.51. The Balaban J connectivity index is 1.04. The van der Waals surface area contributed by atoms with E-state index in [0.29, 0.717) is 11.5 Å². The molecule has 3 saturated heterocycles. The summed E-state index contributed by atoms with van der Waals surface area (Å²) in [4.78, 5) is 24.9. The van der Waals surface area contributed by atoms with Gasteiger partial charge in [-0.2, -0.15) is 0 Å². The van der Waals surface area contributed by atoms with Gasteiger partial charge in [-0.1, -0.05) is 18.6 Å². The summed E-state index contributed by atoms with van der Waals surface area (Å²) in [6.07, 6.45) is 13.9. The number of pyridine rings is 1. The molecule has 35 heavy (non-hydrogen) atoms. The van der Waals surface area contributed by atoms with Gasteiger partial charge in [-0.05, 0) is 107 Å². The van der Waals surface area contributed by atoms with E-state index in [1.54, 1.807) is 0 Å². The number of amides is 1.